The molecule has 1 aromatic heterocycles. The molecule has 0 aromatic carbocycles. The molecule has 0 saturated heterocycles. The van der Waals surface area contributed by atoms with Gasteiger partial charge in [-0.25, -0.2) is 0 Å². The molecule has 14 heavy (non-hydrogen) atoms. The highest BCUT2D eigenvalue weighted by molar-refractivity contribution is 7.11. The van der Waals surface area contributed by atoms with E-state index in [1.54, 1.807) is 11.3 Å². The van der Waals surface area contributed by atoms with Crippen LogP contribution in [0.15, 0.2) is 17.5 Å². The second-order valence-electron chi connectivity index (χ2n) is 3.07. The van der Waals surface area contributed by atoms with Crippen molar-refractivity contribution in [2.45, 2.75) is 19.8 Å². The van der Waals surface area contributed by atoms with Gasteiger partial charge in [-0.15, -0.1) is 11.3 Å². The van der Waals surface area contributed by atoms with Crippen molar-refractivity contribution in [2.24, 2.45) is 0 Å². The van der Waals surface area contributed by atoms with Crippen LogP contribution >= 0.6 is 22.9 Å². The highest BCUT2D eigenvalue weighted by Gasteiger charge is 1.94. The second kappa shape index (κ2) is 7.04. The number of rotatable bonds is 6. The lowest BCUT2D eigenvalue weighted by molar-refractivity contribution is 0.679. The number of thiophene rings is 1. The van der Waals surface area contributed by atoms with Gasteiger partial charge in [0.25, 0.3) is 0 Å². The Morgan fingerprint density at radius 2 is 2.36 bits per heavy atom. The molecule has 78 valence electrons. The third kappa shape index (κ3) is 4.27. The average Bonchev–Trinajstić information content (AvgIpc) is 2.58. The SMILES string of the molecule is CCCNCC/C=C/c1sccc1Cl. The maximum absolute atomic E-state index is 5.95. The highest BCUT2D eigenvalue weighted by Crippen LogP contribution is 2.23. The summed E-state index contributed by atoms with van der Waals surface area (Å²) in [6.45, 7) is 4.33. The third-order valence-electron chi connectivity index (χ3n) is 1.83. The van der Waals surface area contributed by atoms with E-state index in [9.17, 15) is 0 Å². The Labute approximate surface area is 94.8 Å². The maximum atomic E-state index is 5.95. The largest absolute Gasteiger partial charge is 0.316 e. The van der Waals surface area contributed by atoms with E-state index in [0.29, 0.717) is 0 Å². The summed E-state index contributed by atoms with van der Waals surface area (Å²) in [6.07, 6.45) is 6.52. The smallest absolute Gasteiger partial charge is 0.0585 e. The Morgan fingerprint density at radius 3 is 3.00 bits per heavy atom. The van der Waals surface area contributed by atoms with Gasteiger partial charge in [0.15, 0.2) is 0 Å². The first-order valence-electron chi connectivity index (χ1n) is 4.95. The molecule has 0 fully saturated rings. The van der Waals surface area contributed by atoms with Crippen LogP contribution in [0.4, 0.5) is 0 Å². The zero-order valence-corrected chi connectivity index (χ0v) is 10.00. The first-order valence-corrected chi connectivity index (χ1v) is 6.20. The van der Waals surface area contributed by atoms with E-state index in [0.717, 1.165) is 29.4 Å². The summed E-state index contributed by atoms with van der Waals surface area (Å²) in [6, 6.07) is 1.93. The van der Waals surface area contributed by atoms with E-state index in [1.165, 1.54) is 6.42 Å². The van der Waals surface area contributed by atoms with Crippen LogP contribution in [-0.2, 0) is 0 Å². The van der Waals surface area contributed by atoms with E-state index in [1.807, 2.05) is 11.4 Å². The van der Waals surface area contributed by atoms with Crippen LogP contribution in [0.2, 0.25) is 5.02 Å². The van der Waals surface area contributed by atoms with Gasteiger partial charge in [-0.2, -0.15) is 0 Å². The van der Waals surface area contributed by atoms with Gasteiger partial charge in [0.1, 0.15) is 0 Å². The van der Waals surface area contributed by atoms with Gasteiger partial charge in [0, 0.05) is 4.88 Å². The molecule has 0 amide bonds. The predicted molar refractivity (Wildman–Crippen MR) is 66.1 cm³/mol. The number of hydrogen-bond acceptors (Lipinski definition) is 2. The molecule has 0 spiro atoms. The Bertz CT molecular complexity index is 281. The first-order chi connectivity index (χ1) is 6.84. The van der Waals surface area contributed by atoms with Crippen molar-refractivity contribution in [1.82, 2.24) is 5.32 Å². The minimum atomic E-state index is 0.854. The van der Waals surface area contributed by atoms with Crippen molar-refractivity contribution < 1.29 is 0 Å². The predicted octanol–water partition coefficient (Wildman–Crippen LogP) is 3.80. The molecule has 1 aromatic rings. The molecule has 0 atom stereocenters. The van der Waals surface area contributed by atoms with Crippen LogP contribution in [0.1, 0.15) is 24.6 Å². The van der Waals surface area contributed by atoms with Gasteiger partial charge < -0.3 is 5.32 Å². The Kier molecular flexibility index (Phi) is 5.92. The summed E-state index contributed by atoms with van der Waals surface area (Å²) < 4.78 is 0. The Hall–Kier alpha value is -0.310. The fraction of sp³-hybridized carbons (Fsp3) is 0.455. The van der Waals surface area contributed by atoms with Crippen molar-refractivity contribution in [1.29, 1.82) is 0 Å². The molecule has 0 bridgehead atoms. The van der Waals surface area contributed by atoms with E-state index in [-0.39, 0.29) is 0 Å². The van der Waals surface area contributed by atoms with Gasteiger partial charge in [-0.3, -0.25) is 0 Å². The van der Waals surface area contributed by atoms with Gasteiger partial charge in [-0.1, -0.05) is 24.6 Å². The van der Waals surface area contributed by atoms with Crippen LogP contribution in [0.25, 0.3) is 6.08 Å². The molecular weight excluding hydrogens is 214 g/mol. The van der Waals surface area contributed by atoms with Gasteiger partial charge in [0.2, 0.25) is 0 Å². The molecule has 3 heteroatoms. The normalized spacial score (nSPS) is 11.3. The molecule has 1 N–H and O–H groups in total. The molecule has 0 saturated carbocycles. The van der Waals surface area contributed by atoms with E-state index in [2.05, 4.69) is 24.4 Å². The summed E-state index contributed by atoms with van der Waals surface area (Å²) in [5.41, 5.74) is 0. The van der Waals surface area contributed by atoms with Crippen molar-refractivity contribution in [3.8, 4) is 0 Å². The van der Waals surface area contributed by atoms with Crippen molar-refractivity contribution >= 4 is 29.0 Å². The molecule has 0 aliphatic rings. The quantitative estimate of drug-likeness (QED) is 0.732. The topological polar surface area (TPSA) is 12.0 Å². The molecule has 0 aliphatic carbocycles. The van der Waals surface area contributed by atoms with E-state index >= 15 is 0 Å². The number of hydrogen-bond donors (Lipinski definition) is 1. The minimum Gasteiger partial charge on any atom is -0.316 e. The molecule has 0 unspecified atom stereocenters. The van der Waals surface area contributed by atoms with Crippen molar-refractivity contribution in [3.63, 3.8) is 0 Å². The average molecular weight is 230 g/mol. The highest BCUT2D eigenvalue weighted by atomic mass is 35.5. The lowest BCUT2D eigenvalue weighted by Gasteiger charge is -1.97. The fourth-order valence-electron chi connectivity index (χ4n) is 1.10. The van der Waals surface area contributed by atoms with Crippen molar-refractivity contribution in [3.05, 3.63) is 27.4 Å². The zero-order valence-electron chi connectivity index (χ0n) is 8.42. The van der Waals surface area contributed by atoms with Crippen LogP contribution in [-0.4, -0.2) is 13.1 Å². The zero-order chi connectivity index (χ0) is 10.2. The number of halogens is 1. The molecule has 1 rings (SSSR count). The van der Waals surface area contributed by atoms with E-state index < -0.39 is 0 Å². The van der Waals surface area contributed by atoms with Crippen LogP contribution in [0.3, 0.4) is 0 Å². The van der Waals surface area contributed by atoms with Gasteiger partial charge in [-0.05, 0) is 43.5 Å². The van der Waals surface area contributed by atoms with Gasteiger partial charge in [0.05, 0.1) is 5.02 Å². The third-order valence-corrected chi connectivity index (χ3v) is 3.15. The lowest BCUT2D eigenvalue weighted by atomic mass is 10.3. The minimum absolute atomic E-state index is 0.854. The molecule has 0 aliphatic heterocycles. The first kappa shape index (κ1) is 11.8. The molecule has 1 nitrogen and oxygen atoms in total. The number of nitrogens with one attached hydrogen (secondary N) is 1. The lowest BCUT2D eigenvalue weighted by Crippen LogP contribution is -2.14. The van der Waals surface area contributed by atoms with Gasteiger partial charge >= 0.3 is 0 Å². The Morgan fingerprint density at radius 1 is 1.50 bits per heavy atom. The maximum Gasteiger partial charge on any atom is 0.0585 e. The summed E-state index contributed by atoms with van der Waals surface area (Å²) in [7, 11) is 0. The van der Waals surface area contributed by atoms with Crippen molar-refractivity contribution in [2.75, 3.05) is 13.1 Å². The monoisotopic (exact) mass is 229 g/mol. The fourth-order valence-corrected chi connectivity index (χ4v) is 2.14. The molecule has 1 heterocycles. The summed E-state index contributed by atoms with van der Waals surface area (Å²) in [5, 5.41) is 6.21. The summed E-state index contributed by atoms with van der Waals surface area (Å²) in [5.74, 6) is 0. The second-order valence-corrected chi connectivity index (χ2v) is 4.43. The molecule has 0 radical (unpaired) electrons. The van der Waals surface area contributed by atoms with Crippen LogP contribution in [0, 0.1) is 0 Å². The summed E-state index contributed by atoms with van der Waals surface area (Å²) >= 11 is 7.62. The molecular formula is C11H16ClNS. The standard InChI is InChI=1S/C11H16ClNS/c1-2-7-13-8-4-3-5-11-10(12)6-9-14-11/h3,5-6,9,13H,2,4,7-8H2,1H3/b5-3+. The Balaban J connectivity index is 2.18. The summed E-state index contributed by atoms with van der Waals surface area (Å²) in [4.78, 5) is 1.15. The van der Waals surface area contributed by atoms with E-state index in [4.69, 9.17) is 11.6 Å². The van der Waals surface area contributed by atoms with Crippen LogP contribution < -0.4 is 5.32 Å². The van der Waals surface area contributed by atoms with Crippen LogP contribution in [0.5, 0.6) is 0 Å².